The Hall–Kier alpha value is -2.88. The van der Waals surface area contributed by atoms with E-state index in [9.17, 15) is 0 Å². The average molecular weight is 445 g/mol. The lowest BCUT2D eigenvalue weighted by Crippen LogP contribution is -2.41. The molecule has 33 heavy (non-hydrogen) atoms. The van der Waals surface area contributed by atoms with Gasteiger partial charge in [0.1, 0.15) is 12.3 Å². The maximum Gasteiger partial charge on any atom is 0.103 e. The van der Waals surface area contributed by atoms with E-state index in [1.807, 2.05) is 0 Å². The summed E-state index contributed by atoms with van der Waals surface area (Å²) in [6.07, 6.45) is 9.52. The van der Waals surface area contributed by atoms with Crippen molar-refractivity contribution >= 4 is 11.4 Å². The van der Waals surface area contributed by atoms with Gasteiger partial charge in [-0.2, -0.15) is 0 Å². The number of rotatable bonds is 5. The first-order valence-corrected chi connectivity index (χ1v) is 12.3. The zero-order valence-corrected chi connectivity index (χ0v) is 21.8. The van der Waals surface area contributed by atoms with Crippen LogP contribution in [0.4, 0.5) is 11.4 Å². The normalized spacial score (nSPS) is 20.3. The third-order valence-corrected chi connectivity index (χ3v) is 7.34. The zero-order chi connectivity index (χ0) is 24.0. The molecule has 2 aliphatic rings. The second kappa shape index (κ2) is 8.81. The van der Waals surface area contributed by atoms with Gasteiger partial charge in [-0.25, -0.2) is 0 Å². The Balaban J connectivity index is 1.88. The molecule has 0 unspecified atom stereocenters. The number of nitrogens with zero attached hydrogens (tertiary/aromatic N) is 4. The molecule has 0 fully saturated rings. The highest BCUT2D eigenvalue weighted by molar-refractivity contribution is 5.82. The topological polar surface area (TPSA) is 13.0 Å². The van der Waals surface area contributed by atoms with Gasteiger partial charge in [-0.05, 0) is 102 Å². The van der Waals surface area contributed by atoms with Gasteiger partial charge in [0.15, 0.2) is 0 Å². The Bertz CT molecular complexity index is 1000. The molecule has 0 saturated carbocycles. The van der Waals surface area contributed by atoms with Gasteiger partial charge in [-0.1, -0.05) is 18.2 Å². The van der Waals surface area contributed by atoms with Gasteiger partial charge in [0.2, 0.25) is 0 Å². The standard InChI is InChI=1S/C29H40N4/c1-19(2)30-13-15-32(24(30)8)27-17-26(29-21(5)11-10-12-22(29)6)18-28(23(27)7)33-16-14-31(20(3)4)25(33)9/h10-20,24-25H,1-9H3/t24-,25+. The van der Waals surface area contributed by atoms with Crippen molar-refractivity contribution in [2.45, 2.75) is 86.7 Å². The summed E-state index contributed by atoms with van der Waals surface area (Å²) < 4.78 is 0. The number of aryl methyl sites for hydroxylation is 2. The minimum absolute atomic E-state index is 0.281. The number of hydrogen-bond donors (Lipinski definition) is 0. The molecule has 4 rings (SSSR count). The molecule has 0 amide bonds. The number of hydrogen-bond acceptors (Lipinski definition) is 4. The summed E-state index contributed by atoms with van der Waals surface area (Å²) in [6, 6.07) is 12.3. The Kier molecular flexibility index (Phi) is 6.22. The van der Waals surface area contributed by atoms with Crippen molar-refractivity contribution in [3.05, 3.63) is 71.8 Å². The Morgan fingerprint density at radius 1 is 0.667 bits per heavy atom. The maximum absolute atomic E-state index is 2.43. The minimum atomic E-state index is 0.281. The molecule has 4 heteroatoms. The highest BCUT2D eigenvalue weighted by Gasteiger charge is 2.31. The van der Waals surface area contributed by atoms with Crippen molar-refractivity contribution in [1.29, 1.82) is 0 Å². The minimum Gasteiger partial charge on any atom is -0.353 e. The lowest BCUT2D eigenvalue weighted by molar-refractivity contribution is 0.263. The van der Waals surface area contributed by atoms with Crippen LogP contribution in [0.5, 0.6) is 0 Å². The molecule has 176 valence electrons. The van der Waals surface area contributed by atoms with Crippen molar-refractivity contribution < 1.29 is 0 Å². The Morgan fingerprint density at radius 2 is 1.09 bits per heavy atom. The molecular weight excluding hydrogens is 404 g/mol. The van der Waals surface area contributed by atoms with E-state index in [1.54, 1.807) is 0 Å². The van der Waals surface area contributed by atoms with Crippen molar-refractivity contribution in [2.75, 3.05) is 9.80 Å². The fourth-order valence-corrected chi connectivity index (χ4v) is 5.49. The fraction of sp³-hybridized carbons (Fsp3) is 0.448. The van der Waals surface area contributed by atoms with Crippen LogP contribution in [0.3, 0.4) is 0 Å². The molecule has 0 radical (unpaired) electrons. The highest BCUT2D eigenvalue weighted by atomic mass is 15.4. The van der Waals surface area contributed by atoms with Crippen LogP contribution < -0.4 is 9.80 Å². The summed E-state index contributed by atoms with van der Waals surface area (Å²) in [5.41, 5.74) is 9.13. The first-order chi connectivity index (χ1) is 15.6. The Morgan fingerprint density at radius 3 is 1.45 bits per heavy atom. The van der Waals surface area contributed by atoms with Crippen LogP contribution in [0, 0.1) is 20.8 Å². The fourth-order valence-electron chi connectivity index (χ4n) is 5.49. The van der Waals surface area contributed by atoms with Crippen LogP contribution in [0.1, 0.15) is 58.2 Å². The van der Waals surface area contributed by atoms with Crippen LogP contribution in [0.15, 0.2) is 55.1 Å². The summed E-state index contributed by atoms with van der Waals surface area (Å²) in [7, 11) is 0. The van der Waals surface area contributed by atoms with Gasteiger partial charge in [-0.3, -0.25) is 0 Å². The third kappa shape index (κ3) is 4.01. The quantitative estimate of drug-likeness (QED) is 0.493. The van der Waals surface area contributed by atoms with E-state index in [0.717, 1.165) is 0 Å². The molecule has 2 aromatic rings. The van der Waals surface area contributed by atoms with Gasteiger partial charge in [0.25, 0.3) is 0 Å². The van der Waals surface area contributed by atoms with E-state index >= 15 is 0 Å². The SMILES string of the molecule is Cc1cccc(C)c1-c1cc(N2C=CN(C(C)C)[C@@H]2C)c(C)c(N2C=CN(C(C)C)[C@H]2C)c1. The highest BCUT2D eigenvalue weighted by Crippen LogP contribution is 2.41. The smallest absolute Gasteiger partial charge is 0.103 e. The summed E-state index contributed by atoms with van der Waals surface area (Å²) >= 11 is 0. The molecule has 2 aromatic carbocycles. The molecule has 0 spiro atoms. The van der Waals surface area contributed by atoms with E-state index in [4.69, 9.17) is 0 Å². The monoisotopic (exact) mass is 444 g/mol. The van der Waals surface area contributed by atoms with Crippen LogP contribution in [0.2, 0.25) is 0 Å². The van der Waals surface area contributed by atoms with Crippen molar-refractivity contribution in [2.24, 2.45) is 0 Å². The molecule has 0 bridgehead atoms. The van der Waals surface area contributed by atoms with Crippen molar-refractivity contribution in [1.82, 2.24) is 9.80 Å². The van der Waals surface area contributed by atoms with Gasteiger partial charge in [0.05, 0.1) is 0 Å². The predicted octanol–water partition coefficient (Wildman–Crippen LogP) is 6.97. The lowest BCUT2D eigenvalue weighted by Gasteiger charge is -2.36. The summed E-state index contributed by atoms with van der Waals surface area (Å²) in [4.78, 5) is 9.70. The van der Waals surface area contributed by atoms with Crippen LogP contribution in [0.25, 0.3) is 11.1 Å². The van der Waals surface area contributed by atoms with E-state index in [0.29, 0.717) is 12.1 Å². The maximum atomic E-state index is 2.43. The molecule has 0 aliphatic carbocycles. The van der Waals surface area contributed by atoms with E-state index in [1.165, 1.54) is 39.2 Å². The number of benzene rings is 2. The van der Waals surface area contributed by atoms with E-state index in [2.05, 4.69) is 137 Å². The second-order valence-electron chi connectivity index (χ2n) is 10.2. The molecule has 2 atom stereocenters. The molecule has 0 aromatic heterocycles. The summed E-state index contributed by atoms with van der Waals surface area (Å²) in [5.74, 6) is 0. The molecule has 2 heterocycles. The first-order valence-electron chi connectivity index (χ1n) is 12.3. The predicted molar refractivity (Wildman–Crippen MR) is 142 cm³/mol. The third-order valence-electron chi connectivity index (χ3n) is 7.34. The average Bonchev–Trinajstić information content (AvgIpc) is 3.31. The first kappa shape index (κ1) is 23.3. The molecular formula is C29H40N4. The molecule has 4 nitrogen and oxygen atoms in total. The van der Waals surface area contributed by atoms with E-state index < -0.39 is 0 Å². The van der Waals surface area contributed by atoms with Crippen molar-refractivity contribution in [3.8, 4) is 11.1 Å². The van der Waals surface area contributed by atoms with Crippen LogP contribution in [-0.2, 0) is 0 Å². The number of anilines is 2. The summed E-state index contributed by atoms with van der Waals surface area (Å²) in [5, 5.41) is 0. The molecule has 0 N–H and O–H groups in total. The molecule has 2 aliphatic heterocycles. The van der Waals surface area contributed by atoms with E-state index in [-0.39, 0.29) is 12.3 Å². The van der Waals surface area contributed by atoms with Gasteiger partial charge < -0.3 is 19.6 Å². The second-order valence-corrected chi connectivity index (χ2v) is 10.2. The Labute approximate surface area is 200 Å². The molecule has 0 saturated heterocycles. The van der Waals surface area contributed by atoms with Gasteiger partial charge in [-0.15, -0.1) is 0 Å². The lowest BCUT2D eigenvalue weighted by atomic mass is 9.93. The summed E-state index contributed by atoms with van der Waals surface area (Å²) in [6.45, 7) is 20.3. The van der Waals surface area contributed by atoms with Crippen molar-refractivity contribution in [3.63, 3.8) is 0 Å². The van der Waals surface area contributed by atoms with Gasteiger partial charge in [0, 0.05) is 48.3 Å². The van der Waals surface area contributed by atoms with Crippen LogP contribution >= 0.6 is 0 Å². The van der Waals surface area contributed by atoms with Gasteiger partial charge >= 0.3 is 0 Å². The zero-order valence-electron chi connectivity index (χ0n) is 21.8. The van der Waals surface area contributed by atoms with Crippen LogP contribution in [-0.4, -0.2) is 34.2 Å². The largest absolute Gasteiger partial charge is 0.353 e.